The molecule has 1 saturated heterocycles. The van der Waals surface area contributed by atoms with Crippen molar-refractivity contribution >= 4 is 11.8 Å². The van der Waals surface area contributed by atoms with Crippen molar-refractivity contribution in [1.82, 2.24) is 14.7 Å². The van der Waals surface area contributed by atoms with Crippen LogP contribution in [-0.4, -0.2) is 47.5 Å². The number of carbonyl (C=O) groups is 1. The van der Waals surface area contributed by atoms with Gasteiger partial charge in [-0.3, -0.25) is 10.00 Å². The number of nitrogens with one attached hydrogen (secondary N) is 1. The van der Waals surface area contributed by atoms with Crippen LogP contribution < -0.4 is 5.32 Å². The molecular weight excluding hydrogens is 268 g/mol. The molecule has 1 saturated carbocycles. The number of carbonyl (C=O) groups excluding carboxylic acids is 1. The van der Waals surface area contributed by atoms with Gasteiger partial charge in [-0.25, -0.2) is 4.79 Å². The molecule has 3 atom stereocenters. The summed E-state index contributed by atoms with van der Waals surface area (Å²) in [6.45, 7) is 4.43. The van der Waals surface area contributed by atoms with E-state index in [1.807, 2.05) is 28.8 Å². The lowest BCUT2D eigenvalue weighted by atomic mass is 10.0. The van der Waals surface area contributed by atoms with Crippen LogP contribution in [0, 0.1) is 11.8 Å². The largest absolute Gasteiger partial charge is 0.382 e. The second-order valence-corrected chi connectivity index (χ2v) is 6.27. The van der Waals surface area contributed by atoms with Crippen LogP contribution in [0.1, 0.15) is 32.2 Å². The SMILES string of the molecule is COC[C@H](C)n1ccc(NC(=O)N2C[C@H]3CCC[C@H]3C2)n1. The number of hydrogen-bond donors (Lipinski definition) is 1. The fourth-order valence-electron chi connectivity index (χ4n) is 3.56. The predicted molar refractivity (Wildman–Crippen MR) is 80.2 cm³/mol. The Hall–Kier alpha value is -1.56. The number of nitrogens with zero attached hydrogens (tertiary/aromatic N) is 3. The van der Waals surface area contributed by atoms with Crippen molar-refractivity contribution in [3.8, 4) is 0 Å². The summed E-state index contributed by atoms with van der Waals surface area (Å²) in [5, 5.41) is 7.30. The Bertz CT molecular complexity index is 490. The predicted octanol–water partition coefficient (Wildman–Crippen LogP) is 2.35. The molecule has 2 amide bonds. The number of rotatable bonds is 4. The van der Waals surface area contributed by atoms with E-state index in [9.17, 15) is 4.79 Å². The van der Waals surface area contributed by atoms with Crippen LogP contribution in [0.15, 0.2) is 12.3 Å². The van der Waals surface area contributed by atoms with E-state index < -0.39 is 0 Å². The van der Waals surface area contributed by atoms with E-state index in [0.717, 1.165) is 24.9 Å². The fourth-order valence-corrected chi connectivity index (χ4v) is 3.56. The molecule has 2 aliphatic rings. The van der Waals surface area contributed by atoms with Crippen molar-refractivity contribution in [2.24, 2.45) is 11.8 Å². The summed E-state index contributed by atoms with van der Waals surface area (Å²) in [5.41, 5.74) is 0. The minimum Gasteiger partial charge on any atom is -0.382 e. The number of amides is 2. The van der Waals surface area contributed by atoms with Crippen molar-refractivity contribution in [2.45, 2.75) is 32.2 Å². The van der Waals surface area contributed by atoms with Gasteiger partial charge in [-0.1, -0.05) is 6.42 Å². The standard InChI is InChI=1S/C15H24N4O2/c1-11(10-21-2)19-7-6-14(17-19)16-15(20)18-8-12-4-3-5-13(12)9-18/h6-7,11-13H,3-5,8-10H2,1-2H3,(H,16,17,20)/t11-,12-,13+/m0/s1. The molecule has 116 valence electrons. The molecule has 0 aromatic carbocycles. The highest BCUT2D eigenvalue weighted by molar-refractivity contribution is 5.88. The van der Waals surface area contributed by atoms with Gasteiger partial charge in [0.1, 0.15) is 0 Å². The molecule has 1 N–H and O–H groups in total. The van der Waals surface area contributed by atoms with E-state index in [4.69, 9.17) is 4.74 Å². The zero-order chi connectivity index (χ0) is 14.8. The van der Waals surface area contributed by atoms with Gasteiger partial charge in [0.25, 0.3) is 0 Å². The van der Waals surface area contributed by atoms with Crippen LogP contribution in [0.4, 0.5) is 10.6 Å². The third-order valence-corrected chi connectivity index (χ3v) is 4.72. The van der Waals surface area contributed by atoms with Crippen LogP contribution in [-0.2, 0) is 4.74 Å². The Labute approximate surface area is 125 Å². The summed E-state index contributed by atoms with van der Waals surface area (Å²) < 4.78 is 6.93. The van der Waals surface area contributed by atoms with E-state index in [2.05, 4.69) is 10.4 Å². The van der Waals surface area contributed by atoms with Gasteiger partial charge in [0.05, 0.1) is 12.6 Å². The first-order valence-corrected chi connectivity index (χ1v) is 7.77. The van der Waals surface area contributed by atoms with Gasteiger partial charge in [-0.05, 0) is 31.6 Å². The Morgan fingerprint density at radius 1 is 1.48 bits per heavy atom. The van der Waals surface area contributed by atoms with Crippen LogP contribution in [0.3, 0.4) is 0 Å². The summed E-state index contributed by atoms with van der Waals surface area (Å²) in [7, 11) is 1.67. The average molecular weight is 292 g/mol. The first-order valence-electron chi connectivity index (χ1n) is 7.77. The van der Waals surface area contributed by atoms with Crippen molar-refractivity contribution in [3.05, 3.63) is 12.3 Å². The number of hydrogen-bond acceptors (Lipinski definition) is 3. The Morgan fingerprint density at radius 3 is 2.86 bits per heavy atom. The summed E-state index contributed by atoms with van der Waals surface area (Å²) in [5.74, 6) is 2.05. The molecule has 0 bridgehead atoms. The Kier molecular flexibility index (Phi) is 4.14. The summed E-state index contributed by atoms with van der Waals surface area (Å²) >= 11 is 0. The van der Waals surface area contributed by atoms with Crippen molar-refractivity contribution < 1.29 is 9.53 Å². The third kappa shape index (κ3) is 3.05. The van der Waals surface area contributed by atoms with E-state index in [-0.39, 0.29) is 12.1 Å². The third-order valence-electron chi connectivity index (χ3n) is 4.72. The maximum absolute atomic E-state index is 12.3. The number of aromatic nitrogens is 2. The maximum atomic E-state index is 12.3. The Morgan fingerprint density at radius 2 is 2.19 bits per heavy atom. The van der Waals surface area contributed by atoms with E-state index in [1.54, 1.807) is 7.11 Å². The number of likely N-dealkylation sites (tertiary alicyclic amines) is 1. The molecule has 1 aromatic heterocycles. The Balaban J connectivity index is 1.55. The molecule has 1 aromatic rings. The smallest absolute Gasteiger partial charge is 0.323 e. The van der Waals surface area contributed by atoms with Gasteiger partial charge in [-0.15, -0.1) is 0 Å². The highest BCUT2D eigenvalue weighted by Gasteiger charge is 2.38. The van der Waals surface area contributed by atoms with Gasteiger partial charge < -0.3 is 9.64 Å². The second-order valence-electron chi connectivity index (χ2n) is 6.27. The van der Waals surface area contributed by atoms with Gasteiger partial charge in [0.15, 0.2) is 5.82 Å². The molecule has 2 heterocycles. The number of fused-ring (bicyclic) bond motifs is 1. The molecule has 1 aliphatic heterocycles. The molecule has 2 fully saturated rings. The quantitative estimate of drug-likeness (QED) is 0.926. The van der Waals surface area contributed by atoms with Crippen LogP contribution in [0.25, 0.3) is 0 Å². The molecule has 21 heavy (non-hydrogen) atoms. The van der Waals surface area contributed by atoms with Crippen molar-refractivity contribution in [1.29, 1.82) is 0 Å². The monoisotopic (exact) mass is 292 g/mol. The topological polar surface area (TPSA) is 59.4 Å². The molecule has 0 radical (unpaired) electrons. The van der Waals surface area contributed by atoms with E-state index in [0.29, 0.717) is 12.4 Å². The number of urea groups is 1. The first-order chi connectivity index (χ1) is 10.2. The minimum atomic E-state index is -0.0194. The highest BCUT2D eigenvalue weighted by Crippen LogP contribution is 2.37. The zero-order valence-corrected chi connectivity index (χ0v) is 12.8. The minimum absolute atomic E-state index is 0.0194. The molecular formula is C15H24N4O2. The lowest BCUT2D eigenvalue weighted by Gasteiger charge is -2.17. The summed E-state index contributed by atoms with van der Waals surface area (Å²) in [6, 6.07) is 1.97. The number of anilines is 1. The first kappa shape index (κ1) is 14.4. The average Bonchev–Trinajstić information content (AvgIpc) is 3.13. The molecule has 0 unspecified atom stereocenters. The van der Waals surface area contributed by atoms with Crippen LogP contribution in [0.5, 0.6) is 0 Å². The fraction of sp³-hybridized carbons (Fsp3) is 0.733. The highest BCUT2D eigenvalue weighted by atomic mass is 16.5. The van der Waals surface area contributed by atoms with Crippen LogP contribution in [0.2, 0.25) is 0 Å². The maximum Gasteiger partial charge on any atom is 0.323 e. The number of methoxy groups -OCH3 is 1. The lowest BCUT2D eigenvalue weighted by Crippen LogP contribution is -2.33. The zero-order valence-electron chi connectivity index (χ0n) is 12.8. The van der Waals surface area contributed by atoms with Gasteiger partial charge in [-0.2, -0.15) is 5.10 Å². The van der Waals surface area contributed by atoms with E-state index in [1.165, 1.54) is 19.3 Å². The molecule has 3 rings (SSSR count). The van der Waals surface area contributed by atoms with Crippen molar-refractivity contribution in [2.75, 3.05) is 32.1 Å². The lowest BCUT2D eigenvalue weighted by molar-refractivity contribution is 0.157. The van der Waals surface area contributed by atoms with Gasteiger partial charge in [0, 0.05) is 32.5 Å². The van der Waals surface area contributed by atoms with Gasteiger partial charge in [0.2, 0.25) is 0 Å². The molecule has 6 nitrogen and oxygen atoms in total. The normalized spacial score (nSPS) is 25.9. The van der Waals surface area contributed by atoms with E-state index >= 15 is 0 Å². The second kappa shape index (κ2) is 6.05. The van der Waals surface area contributed by atoms with Gasteiger partial charge >= 0.3 is 6.03 Å². The molecule has 0 spiro atoms. The van der Waals surface area contributed by atoms with Crippen LogP contribution >= 0.6 is 0 Å². The number of ether oxygens (including phenoxy) is 1. The molecule has 1 aliphatic carbocycles. The molecule has 6 heteroatoms. The summed E-state index contributed by atoms with van der Waals surface area (Å²) in [4.78, 5) is 14.2. The van der Waals surface area contributed by atoms with Crippen molar-refractivity contribution in [3.63, 3.8) is 0 Å². The summed E-state index contributed by atoms with van der Waals surface area (Å²) in [6.07, 6.45) is 5.75.